The van der Waals surface area contributed by atoms with Gasteiger partial charge in [-0.15, -0.1) is 0 Å². The van der Waals surface area contributed by atoms with Crippen LogP contribution in [-0.4, -0.2) is 23.6 Å². The Balaban J connectivity index is 2.04. The average Bonchev–Trinajstić information content (AvgIpc) is 2.49. The topological polar surface area (TPSA) is 78.7 Å². The first-order chi connectivity index (χ1) is 10.6. The molecule has 6 nitrogen and oxygen atoms in total. The van der Waals surface area contributed by atoms with Crippen LogP contribution in [0.1, 0.15) is 38.5 Å². The zero-order chi connectivity index (χ0) is 16.2. The molecule has 122 valence electrons. The van der Waals surface area contributed by atoms with Gasteiger partial charge in [0.25, 0.3) is 0 Å². The Morgan fingerprint density at radius 2 is 1.64 bits per heavy atom. The molecule has 0 radical (unpaired) electrons. The van der Waals surface area contributed by atoms with E-state index in [4.69, 9.17) is 16.3 Å². The van der Waals surface area contributed by atoms with Gasteiger partial charge in [-0.2, -0.15) is 0 Å². The Bertz CT molecular complexity index is 481. The fraction of sp³-hybridized carbons (Fsp3) is 0.533. The second-order valence-corrected chi connectivity index (χ2v) is 5.09. The van der Waals surface area contributed by atoms with Crippen molar-refractivity contribution in [1.82, 2.24) is 0 Å². The van der Waals surface area contributed by atoms with Gasteiger partial charge in [0.2, 0.25) is 0 Å². The molecule has 7 heteroatoms. The molecule has 0 bridgehead atoms. The molecule has 0 aliphatic rings. The van der Waals surface area contributed by atoms with E-state index in [2.05, 4.69) is 4.74 Å². The second kappa shape index (κ2) is 10.8. The van der Waals surface area contributed by atoms with Crippen molar-refractivity contribution in [3.05, 3.63) is 34.4 Å². The molecule has 0 N–H and O–H groups in total. The van der Waals surface area contributed by atoms with Crippen LogP contribution in [0.3, 0.4) is 0 Å². The lowest BCUT2D eigenvalue weighted by Crippen LogP contribution is -2.00. The summed E-state index contributed by atoms with van der Waals surface area (Å²) in [5.41, 5.74) is -0.761. The number of hydrogen-bond donors (Lipinski definition) is 0. The zero-order valence-electron chi connectivity index (χ0n) is 12.3. The van der Waals surface area contributed by atoms with Crippen LogP contribution in [0.25, 0.3) is 0 Å². The minimum Gasteiger partial charge on any atom is -0.487 e. The predicted molar refractivity (Wildman–Crippen MR) is 83.5 cm³/mol. The van der Waals surface area contributed by atoms with E-state index in [-0.39, 0.29) is 5.69 Å². The molecular formula is C15H20ClNO5. The van der Waals surface area contributed by atoms with Crippen molar-refractivity contribution in [2.24, 2.45) is 0 Å². The highest BCUT2D eigenvalue weighted by molar-refractivity contribution is 6.61. The summed E-state index contributed by atoms with van der Waals surface area (Å²) >= 11 is 5.04. The van der Waals surface area contributed by atoms with Crippen LogP contribution in [0.15, 0.2) is 24.3 Å². The molecule has 0 spiro atoms. The van der Waals surface area contributed by atoms with Gasteiger partial charge in [-0.25, -0.2) is 4.79 Å². The summed E-state index contributed by atoms with van der Waals surface area (Å²) in [5, 5.41) is 10.8. The second-order valence-electron chi connectivity index (χ2n) is 4.78. The van der Waals surface area contributed by atoms with Crippen LogP contribution in [0.2, 0.25) is 0 Å². The van der Waals surface area contributed by atoms with Crippen molar-refractivity contribution in [2.75, 3.05) is 13.2 Å². The maximum absolute atomic E-state index is 10.8. The summed E-state index contributed by atoms with van der Waals surface area (Å²) in [5.74, 6) is 0.315. The number of carbonyl (C=O) groups excluding carboxylic acids is 1. The van der Waals surface area contributed by atoms with Gasteiger partial charge in [0.15, 0.2) is 5.75 Å². The molecule has 0 aromatic heterocycles. The maximum Gasteiger partial charge on any atom is 0.403 e. The SMILES string of the molecule is O=C(Cl)OCCCCCCCCOc1ccccc1[N+](=O)[O-]. The third kappa shape index (κ3) is 7.83. The lowest BCUT2D eigenvalue weighted by atomic mass is 10.1. The number of benzene rings is 1. The highest BCUT2D eigenvalue weighted by atomic mass is 35.5. The summed E-state index contributed by atoms with van der Waals surface area (Å²) < 4.78 is 10.1. The molecular weight excluding hydrogens is 310 g/mol. The Kier molecular flexibility index (Phi) is 8.98. The van der Waals surface area contributed by atoms with E-state index in [1.54, 1.807) is 18.2 Å². The van der Waals surface area contributed by atoms with Crippen molar-refractivity contribution in [1.29, 1.82) is 0 Å². The number of para-hydroxylation sites is 2. The monoisotopic (exact) mass is 329 g/mol. The van der Waals surface area contributed by atoms with Gasteiger partial charge >= 0.3 is 11.1 Å². The Hall–Kier alpha value is -1.82. The number of hydrogen-bond acceptors (Lipinski definition) is 5. The van der Waals surface area contributed by atoms with Crippen LogP contribution >= 0.6 is 11.6 Å². The first kappa shape index (κ1) is 18.2. The van der Waals surface area contributed by atoms with Gasteiger partial charge < -0.3 is 9.47 Å². The molecule has 1 rings (SSSR count). The van der Waals surface area contributed by atoms with Gasteiger partial charge in [0, 0.05) is 17.7 Å². The van der Waals surface area contributed by atoms with E-state index in [9.17, 15) is 14.9 Å². The van der Waals surface area contributed by atoms with E-state index >= 15 is 0 Å². The normalized spacial score (nSPS) is 10.2. The number of nitrogens with zero attached hydrogens (tertiary/aromatic N) is 1. The van der Waals surface area contributed by atoms with Crippen LogP contribution in [-0.2, 0) is 4.74 Å². The number of rotatable bonds is 11. The first-order valence-corrected chi connectivity index (χ1v) is 7.67. The summed E-state index contributed by atoms with van der Waals surface area (Å²) in [6, 6.07) is 6.38. The number of nitro benzene ring substituents is 1. The molecule has 1 aromatic carbocycles. The lowest BCUT2D eigenvalue weighted by molar-refractivity contribution is -0.385. The zero-order valence-corrected chi connectivity index (χ0v) is 13.1. The van der Waals surface area contributed by atoms with Gasteiger partial charge in [-0.1, -0.05) is 37.8 Å². The number of unbranched alkanes of at least 4 members (excludes halogenated alkanes) is 5. The van der Waals surface area contributed by atoms with E-state index in [0.717, 1.165) is 38.5 Å². The molecule has 0 aliphatic carbocycles. The summed E-state index contributed by atoms with van der Waals surface area (Å²) in [4.78, 5) is 20.7. The maximum atomic E-state index is 10.8. The molecule has 22 heavy (non-hydrogen) atoms. The van der Waals surface area contributed by atoms with Gasteiger partial charge in [0.05, 0.1) is 18.1 Å². The predicted octanol–water partition coefficient (Wildman–Crippen LogP) is 4.69. The van der Waals surface area contributed by atoms with E-state index in [0.29, 0.717) is 19.0 Å². The Morgan fingerprint density at radius 1 is 1.05 bits per heavy atom. The smallest absolute Gasteiger partial charge is 0.403 e. The lowest BCUT2D eigenvalue weighted by Gasteiger charge is -2.06. The van der Waals surface area contributed by atoms with E-state index < -0.39 is 10.4 Å². The van der Waals surface area contributed by atoms with Crippen molar-refractivity contribution in [3.63, 3.8) is 0 Å². The first-order valence-electron chi connectivity index (χ1n) is 7.29. The highest BCUT2D eigenvalue weighted by Crippen LogP contribution is 2.25. The fourth-order valence-corrected chi connectivity index (χ4v) is 2.05. The third-order valence-electron chi connectivity index (χ3n) is 3.07. The van der Waals surface area contributed by atoms with Crippen LogP contribution < -0.4 is 4.74 Å². The van der Waals surface area contributed by atoms with Crippen molar-refractivity contribution in [3.8, 4) is 5.75 Å². The molecule has 1 aromatic rings. The fourth-order valence-electron chi connectivity index (χ4n) is 1.98. The Morgan fingerprint density at radius 3 is 2.27 bits per heavy atom. The molecule has 0 heterocycles. The summed E-state index contributed by atoms with van der Waals surface area (Å²) in [6.07, 6.45) is 5.74. The molecule has 0 unspecified atom stereocenters. The molecule has 0 atom stereocenters. The summed E-state index contributed by atoms with van der Waals surface area (Å²) in [7, 11) is 0. The number of carbonyl (C=O) groups is 1. The molecule has 0 saturated heterocycles. The largest absolute Gasteiger partial charge is 0.487 e. The van der Waals surface area contributed by atoms with Crippen molar-refractivity contribution in [2.45, 2.75) is 38.5 Å². The quantitative estimate of drug-likeness (QED) is 0.255. The third-order valence-corrected chi connectivity index (χ3v) is 3.18. The van der Waals surface area contributed by atoms with Gasteiger partial charge in [-0.3, -0.25) is 10.1 Å². The molecule has 0 fully saturated rings. The van der Waals surface area contributed by atoms with Crippen LogP contribution in [0, 0.1) is 10.1 Å². The molecule has 0 amide bonds. The standard InChI is InChI=1S/C15H20ClNO5/c16-15(18)22-12-8-4-2-1-3-7-11-21-14-10-6-5-9-13(14)17(19)20/h5-6,9-10H,1-4,7-8,11-12H2. The van der Waals surface area contributed by atoms with Gasteiger partial charge in [-0.05, 0) is 18.9 Å². The van der Waals surface area contributed by atoms with Crippen LogP contribution in [0.4, 0.5) is 10.5 Å². The Labute approximate surface area is 134 Å². The number of nitro groups is 1. The number of halogens is 1. The van der Waals surface area contributed by atoms with Crippen LogP contribution in [0.5, 0.6) is 5.75 Å². The average molecular weight is 330 g/mol. The van der Waals surface area contributed by atoms with Crippen molar-refractivity contribution < 1.29 is 19.2 Å². The number of ether oxygens (including phenoxy) is 2. The van der Waals surface area contributed by atoms with E-state index in [1.807, 2.05) is 0 Å². The molecule has 0 saturated carbocycles. The molecule has 0 aliphatic heterocycles. The van der Waals surface area contributed by atoms with Gasteiger partial charge in [0.1, 0.15) is 0 Å². The van der Waals surface area contributed by atoms with Crippen molar-refractivity contribution >= 4 is 22.7 Å². The summed E-state index contributed by atoms with van der Waals surface area (Å²) in [6.45, 7) is 0.831. The van der Waals surface area contributed by atoms with E-state index in [1.165, 1.54) is 6.07 Å². The minimum absolute atomic E-state index is 0.00339. The minimum atomic E-state index is -0.757. The highest BCUT2D eigenvalue weighted by Gasteiger charge is 2.12.